The van der Waals surface area contributed by atoms with Gasteiger partial charge in [-0.05, 0) is 49.8 Å². The number of ether oxygens (including phenoxy) is 2. The first-order chi connectivity index (χ1) is 10.7. The third kappa shape index (κ3) is 2.43. The smallest absolute Gasteiger partial charge is 0.231 e. The van der Waals surface area contributed by atoms with Crippen molar-refractivity contribution in [1.29, 1.82) is 0 Å². The molecule has 1 aromatic rings. The summed E-state index contributed by atoms with van der Waals surface area (Å²) in [6, 6.07) is 5.87. The van der Waals surface area contributed by atoms with Crippen LogP contribution >= 0.6 is 0 Å². The van der Waals surface area contributed by atoms with E-state index in [-0.39, 0.29) is 18.7 Å². The van der Waals surface area contributed by atoms with Gasteiger partial charge in [-0.25, -0.2) is 0 Å². The summed E-state index contributed by atoms with van der Waals surface area (Å²) in [5.74, 6) is 1.68. The second kappa shape index (κ2) is 5.16. The zero-order chi connectivity index (χ0) is 15.2. The molecule has 1 saturated heterocycles. The fourth-order valence-corrected chi connectivity index (χ4v) is 3.58. The Kier molecular flexibility index (Phi) is 3.26. The molecule has 1 aliphatic carbocycles. The van der Waals surface area contributed by atoms with Gasteiger partial charge in [0.2, 0.25) is 12.7 Å². The number of aryl methyl sites for hydroxylation is 1. The van der Waals surface area contributed by atoms with Gasteiger partial charge in [0.05, 0.1) is 11.6 Å². The van der Waals surface area contributed by atoms with Gasteiger partial charge in [-0.15, -0.1) is 0 Å². The monoisotopic (exact) mass is 303 g/mol. The van der Waals surface area contributed by atoms with Gasteiger partial charge in [0.1, 0.15) is 0 Å². The number of benzene rings is 1. The number of amides is 1. The maximum absolute atomic E-state index is 12.5. The van der Waals surface area contributed by atoms with Crippen LogP contribution in [0.25, 0.3) is 0 Å². The molecule has 1 N–H and O–H groups in total. The standard InChI is InChI=1S/C17H21NO4/c19-16(18-9-1-2-15(18)17(20)7-8-17)6-4-12-3-5-13-14(10-12)22-11-21-13/h3,5,10,15,20H,1-2,4,6-9,11H2. The largest absolute Gasteiger partial charge is 0.454 e. The van der Waals surface area contributed by atoms with Gasteiger partial charge in [0.25, 0.3) is 0 Å². The van der Waals surface area contributed by atoms with Crippen molar-refractivity contribution in [2.75, 3.05) is 13.3 Å². The number of carbonyl (C=O) groups is 1. The second-order valence-corrected chi connectivity index (χ2v) is 6.54. The maximum Gasteiger partial charge on any atom is 0.231 e. The first-order valence-corrected chi connectivity index (χ1v) is 8.06. The van der Waals surface area contributed by atoms with E-state index >= 15 is 0 Å². The SMILES string of the molecule is O=C(CCc1ccc2c(c1)OCO2)N1CCCC1C1(O)CC1. The zero-order valence-electron chi connectivity index (χ0n) is 12.6. The van der Waals surface area contributed by atoms with Gasteiger partial charge in [-0.1, -0.05) is 6.07 Å². The number of hydrogen-bond donors (Lipinski definition) is 1. The number of likely N-dealkylation sites (tertiary alicyclic amines) is 1. The summed E-state index contributed by atoms with van der Waals surface area (Å²) in [7, 11) is 0. The lowest BCUT2D eigenvalue weighted by Crippen LogP contribution is -2.44. The van der Waals surface area contributed by atoms with Crippen molar-refractivity contribution in [3.63, 3.8) is 0 Å². The zero-order valence-corrected chi connectivity index (χ0v) is 12.6. The van der Waals surface area contributed by atoms with Crippen LogP contribution in [0.1, 0.15) is 37.7 Å². The number of rotatable bonds is 4. The Balaban J connectivity index is 1.38. The molecule has 0 spiro atoms. The van der Waals surface area contributed by atoms with Crippen molar-refractivity contribution >= 4 is 5.91 Å². The Morgan fingerprint density at radius 1 is 1.32 bits per heavy atom. The molecule has 1 amide bonds. The summed E-state index contributed by atoms with van der Waals surface area (Å²) in [6.45, 7) is 1.05. The highest BCUT2D eigenvalue weighted by Gasteiger charge is 2.52. The van der Waals surface area contributed by atoms with Crippen LogP contribution in [0.2, 0.25) is 0 Å². The fraction of sp³-hybridized carbons (Fsp3) is 0.588. The molecule has 0 bridgehead atoms. The van der Waals surface area contributed by atoms with Crippen molar-refractivity contribution in [2.45, 2.75) is 50.2 Å². The molecule has 22 heavy (non-hydrogen) atoms. The molecule has 3 aliphatic rings. The number of nitrogens with zero attached hydrogens (tertiary/aromatic N) is 1. The van der Waals surface area contributed by atoms with E-state index in [9.17, 15) is 9.90 Å². The third-order valence-electron chi connectivity index (χ3n) is 5.02. The summed E-state index contributed by atoms with van der Waals surface area (Å²) in [5, 5.41) is 10.3. The first-order valence-electron chi connectivity index (χ1n) is 8.06. The minimum Gasteiger partial charge on any atom is -0.454 e. The predicted octanol–water partition coefficient (Wildman–Crippen LogP) is 1.86. The lowest BCUT2D eigenvalue weighted by molar-refractivity contribution is -0.134. The van der Waals surface area contributed by atoms with Crippen LogP contribution in [-0.2, 0) is 11.2 Å². The third-order valence-corrected chi connectivity index (χ3v) is 5.02. The predicted molar refractivity (Wildman–Crippen MR) is 79.8 cm³/mol. The van der Waals surface area contributed by atoms with E-state index in [0.717, 1.165) is 49.3 Å². The van der Waals surface area contributed by atoms with E-state index < -0.39 is 5.60 Å². The number of hydrogen-bond acceptors (Lipinski definition) is 4. The summed E-state index contributed by atoms with van der Waals surface area (Å²) in [5.41, 5.74) is 0.490. The molecule has 1 unspecified atom stereocenters. The summed E-state index contributed by atoms with van der Waals surface area (Å²) < 4.78 is 10.7. The molecule has 2 fully saturated rings. The van der Waals surface area contributed by atoms with Gasteiger partial charge in [-0.2, -0.15) is 0 Å². The summed E-state index contributed by atoms with van der Waals surface area (Å²) >= 11 is 0. The average molecular weight is 303 g/mol. The van der Waals surface area contributed by atoms with Crippen LogP contribution in [0.15, 0.2) is 18.2 Å². The Bertz CT molecular complexity index is 596. The van der Waals surface area contributed by atoms with Crippen LogP contribution in [0.4, 0.5) is 0 Å². The summed E-state index contributed by atoms with van der Waals surface area (Å²) in [4.78, 5) is 14.4. The van der Waals surface area contributed by atoms with E-state index in [0.29, 0.717) is 12.8 Å². The van der Waals surface area contributed by atoms with E-state index in [1.807, 2.05) is 23.1 Å². The van der Waals surface area contributed by atoms with E-state index in [1.54, 1.807) is 0 Å². The van der Waals surface area contributed by atoms with Crippen LogP contribution < -0.4 is 9.47 Å². The van der Waals surface area contributed by atoms with Crippen LogP contribution in [0.5, 0.6) is 11.5 Å². The van der Waals surface area contributed by atoms with Crippen molar-refractivity contribution in [3.8, 4) is 11.5 Å². The molecule has 0 aromatic heterocycles. The van der Waals surface area contributed by atoms with E-state index in [4.69, 9.17) is 9.47 Å². The molecule has 5 heteroatoms. The van der Waals surface area contributed by atoms with Crippen LogP contribution in [0.3, 0.4) is 0 Å². The lowest BCUT2D eigenvalue weighted by Gasteiger charge is -2.28. The maximum atomic E-state index is 12.5. The van der Waals surface area contributed by atoms with Crippen LogP contribution in [0, 0.1) is 0 Å². The van der Waals surface area contributed by atoms with Gasteiger partial charge in [0.15, 0.2) is 11.5 Å². The highest BCUT2D eigenvalue weighted by atomic mass is 16.7. The normalized spacial score (nSPS) is 24.6. The van der Waals surface area contributed by atoms with Gasteiger partial charge in [-0.3, -0.25) is 4.79 Å². The number of carbonyl (C=O) groups excluding carboxylic acids is 1. The Labute approximate surface area is 129 Å². The minimum atomic E-state index is -0.592. The first kappa shape index (κ1) is 13.9. The Hall–Kier alpha value is -1.75. The molecule has 1 aromatic carbocycles. The Morgan fingerprint density at radius 2 is 2.14 bits per heavy atom. The highest BCUT2D eigenvalue weighted by Crippen LogP contribution is 2.44. The topological polar surface area (TPSA) is 59.0 Å². The Morgan fingerprint density at radius 3 is 2.95 bits per heavy atom. The quantitative estimate of drug-likeness (QED) is 0.922. The van der Waals surface area contributed by atoms with Crippen LogP contribution in [-0.4, -0.2) is 40.9 Å². The van der Waals surface area contributed by atoms with E-state index in [2.05, 4.69) is 0 Å². The molecule has 4 rings (SSSR count). The molecule has 0 radical (unpaired) electrons. The van der Waals surface area contributed by atoms with Crippen molar-refractivity contribution in [3.05, 3.63) is 23.8 Å². The number of fused-ring (bicyclic) bond motifs is 1. The molecular formula is C17H21NO4. The van der Waals surface area contributed by atoms with Crippen molar-refractivity contribution in [2.24, 2.45) is 0 Å². The highest BCUT2D eigenvalue weighted by molar-refractivity contribution is 5.77. The molecule has 2 aliphatic heterocycles. The average Bonchev–Trinajstić information content (AvgIpc) is 2.99. The van der Waals surface area contributed by atoms with Gasteiger partial charge < -0.3 is 19.5 Å². The molecule has 1 atom stereocenters. The van der Waals surface area contributed by atoms with Gasteiger partial charge >= 0.3 is 0 Å². The van der Waals surface area contributed by atoms with Crippen molar-refractivity contribution < 1.29 is 19.4 Å². The van der Waals surface area contributed by atoms with Gasteiger partial charge in [0, 0.05) is 13.0 Å². The molecule has 2 heterocycles. The second-order valence-electron chi connectivity index (χ2n) is 6.54. The molecule has 1 saturated carbocycles. The minimum absolute atomic E-state index is 0.0387. The summed E-state index contributed by atoms with van der Waals surface area (Å²) in [6.07, 6.45) is 4.78. The molecular weight excluding hydrogens is 282 g/mol. The lowest BCUT2D eigenvalue weighted by atomic mass is 10.1. The fourth-order valence-electron chi connectivity index (χ4n) is 3.58. The molecule has 118 valence electrons. The number of aliphatic hydroxyl groups is 1. The van der Waals surface area contributed by atoms with Crippen molar-refractivity contribution in [1.82, 2.24) is 4.90 Å². The molecule has 5 nitrogen and oxygen atoms in total. The van der Waals surface area contributed by atoms with E-state index in [1.165, 1.54) is 0 Å².